The lowest BCUT2D eigenvalue weighted by Crippen LogP contribution is -2.41. The Hall–Kier alpha value is -4.25. The number of nitrogens with zero attached hydrogens (tertiary/aromatic N) is 4. The van der Waals surface area contributed by atoms with Crippen LogP contribution in [0.1, 0.15) is 11.1 Å². The molecule has 3 heterocycles. The number of amides is 2. The highest BCUT2D eigenvalue weighted by molar-refractivity contribution is 5.91. The van der Waals surface area contributed by atoms with Gasteiger partial charge in [0.15, 0.2) is 0 Å². The number of methoxy groups -OCH3 is 1. The number of carbonyl (C=O) groups excluding carboxylic acids is 1. The van der Waals surface area contributed by atoms with Gasteiger partial charge in [-0.2, -0.15) is 10.2 Å². The van der Waals surface area contributed by atoms with Gasteiger partial charge in [0.05, 0.1) is 30.6 Å². The van der Waals surface area contributed by atoms with Gasteiger partial charge in [0.1, 0.15) is 12.4 Å². The van der Waals surface area contributed by atoms with Gasteiger partial charge >= 0.3 is 6.03 Å². The summed E-state index contributed by atoms with van der Waals surface area (Å²) in [6.07, 6.45) is 1.74. The van der Waals surface area contributed by atoms with Crippen molar-refractivity contribution in [2.45, 2.75) is 19.6 Å². The van der Waals surface area contributed by atoms with Crippen LogP contribution in [0.5, 0.6) is 5.88 Å². The molecule has 1 aliphatic heterocycles. The minimum atomic E-state index is -0.327. The maximum atomic E-state index is 13.0. The fourth-order valence-corrected chi connectivity index (χ4v) is 4.32. The molecule has 2 aromatic carbocycles. The lowest BCUT2D eigenvalue weighted by atomic mass is 10.1. The maximum Gasteiger partial charge on any atom is 0.320 e. The molecule has 2 amide bonds. The smallest absolute Gasteiger partial charge is 0.320 e. The highest BCUT2D eigenvalue weighted by Crippen LogP contribution is 2.31. The number of rotatable bonds is 10. The van der Waals surface area contributed by atoms with E-state index >= 15 is 0 Å². The van der Waals surface area contributed by atoms with Crippen LogP contribution in [0, 0.1) is 6.92 Å². The minimum Gasteiger partial charge on any atom is -0.473 e. The van der Waals surface area contributed by atoms with E-state index in [4.69, 9.17) is 19.4 Å². The van der Waals surface area contributed by atoms with Gasteiger partial charge in [-0.3, -0.25) is 10.2 Å². The summed E-state index contributed by atoms with van der Waals surface area (Å²) in [5.74, 6) is 1.10. The minimum absolute atomic E-state index is 0.137. The van der Waals surface area contributed by atoms with E-state index in [9.17, 15) is 4.79 Å². The van der Waals surface area contributed by atoms with Gasteiger partial charge in [0.2, 0.25) is 5.88 Å². The van der Waals surface area contributed by atoms with E-state index in [1.165, 1.54) is 0 Å². The molecule has 39 heavy (non-hydrogen) atoms. The van der Waals surface area contributed by atoms with Crippen molar-refractivity contribution in [2.24, 2.45) is 0 Å². The standard InChI is InChI=1S/C29H32N6O4/c1-21-27(23-13-14-26(30-17-23)38-19-22-9-5-3-6-10-22)33-35(25-11-7-4-8-12-25)28(21)32-29(36)31-24-18-34(39-20-24)15-16-37-2/h3-14,17,24H,15-16,18-20H2,1-2H3,(H2,31,32,36)/t24-/m1/s1. The fourth-order valence-electron chi connectivity index (χ4n) is 4.32. The predicted molar refractivity (Wildman–Crippen MR) is 148 cm³/mol. The molecule has 0 aliphatic carbocycles. The summed E-state index contributed by atoms with van der Waals surface area (Å²) < 4.78 is 12.7. The molecule has 5 rings (SSSR count). The number of aromatic nitrogens is 3. The van der Waals surface area contributed by atoms with E-state index in [0.29, 0.717) is 50.3 Å². The lowest BCUT2D eigenvalue weighted by molar-refractivity contribution is -0.118. The molecule has 1 atom stereocenters. The Bertz CT molecular complexity index is 1360. The molecule has 2 N–H and O–H groups in total. The zero-order valence-electron chi connectivity index (χ0n) is 22.0. The highest BCUT2D eigenvalue weighted by Gasteiger charge is 2.26. The van der Waals surface area contributed by atoms with Crippen LogP contribution in [0.25, 0.3) is 16.9 Å². The molecule has 10 heteroatoms. The van der Waals surface area contributed by atoms with Gasteiger partial charge in [0.25, 0.3) is 0 Å². The van der Waals surface area contributed by atoms with E-state index in [-0.39, 0.29) is 12.1 Å². The number of urea groups is 1. The Balaban J connectivity index is 1.32. The van der Waals surface area contributed by atoms with Gasteiger partial charge in [-0.25, -0.2) is 14.5 Å². The number of benzene rings is 2. The summed E-state index contributed by atoms with van der Waals surface area (Å²) in [6, 6.07) is 22.9. The molecule has 202 valence electrons. The third kappa shape index (κ3) is 6.61. The second-order valence-electron chi connectivity index (χ2n) is 9.20. The van der Waals surface area contributed by atoms with Crippen molar-refractivity contribution in [2.75, 3.05) is 38.7 Å². The van der Waals surface area contributed by atoms with Crippen molar-refractivity contribution < 1.29 is 19.1 Å². The number of hydrogen-bond acceptors (Lipinski definition) is 7. The van der Waals surface area contributed by atoms with Crippen molar-refractivity contribution >= 4 is 11.8 Å². The first-order valence-corrected chi connectivity index (χ1v) is 12.8. The van der Waals surface area contributed by atoms with Crippen molar-refractivity contribution in [3.63, 3.8) is 0 Å². The van der Waals surface area contributed by atoms with Crippen molar-refractivity contribution in [1.29, 1.82) is 0 Å². The Morgan fingerprint density at radius 1 is 1.08 bits per heavy atom. The second kappa shape index (κ2) is 12.5. The van der Waals surface area contributed by atoms with E-state index < -0.39 is 0 Å². The third-order valence-electron chi connectivity index (χ3n) is 6.36. The molecule has 1 aliphatic rings. The molecule has 2 aromatic heterocycles. The number of nitrogens with one attached hydrogen (secondary N) is 2. The zero-order valence-corrected chi connectivity index (χ0v) is 22.0. The zero-order chi connectivity index (χ0) is 27.0. The van der Waals surface area contributed by atoms with Crippen LogP contribution in [0.4, 0.5) is 10.6 Å². The van der Waals surface area contributed by atoms with Gasteiger partial charge < -0.3 is 14.8 Å². The Morgan fingerprint density at radius 2 is 1.85 bits per heavy atom. The molecule has 0 radical (unpaired) electrons. The monoisotopic (exact) mass is 528 g/mol. The quantitative estimate of drug-likeness (QED) is 0.318. The number of hydrogen-bond donors (Lipinski definition) is 2. The van der Waals surface area contributed by atoms with Crippen LogP contribution in [-0.2, 0) is 16.2 Å². The van der Waals surface area contributed by atoms with Crippen LogP contribution in [0.3, 0.4) is 0 Å². The van der Waals surface area contributed by atoms with Crippen molar-refractivity contribution in [3.05, 3.63) is 90.1 Å². The average Bonchev–Trinajstić information content (AvgIpc) is 3.55. The molecule has 10 nitrogen and oxygen atoms in total. The summed E-state index contributed by atoms with van der Waals surface area (Å²) in [5, 5.41) is 12.7. The summed E-state index contributed by atoms with van der Waals surface area (Å²) in [4.78, 5) is 23.1. The fraction of sp³-hybridized carbons (Fsp3) is 0.276. The number of anilines is 1. The molecule has 1 saturated heterocycles. The summed E-state index contributed by atoms with van der Waals surface area (Å²) in [5.41, 5.74) is 4.24. The molecule has 0 spiro atoms. The first-order chi connectivity index (χ1) is 19.1. The molecule has 1 fully saturated rings. The Morgan fingerprint density at radius 3 is 2.56 bits per heavy atom. The molecular formula is C29H32N6O4. The Labute approximate surface area is 227 Å². The van der Waals surface area contributed by atoms with Gasteiger partial charge in [0, 0.05) is 43.6 Å². The van der Waals surface area contributed by atoms with Gasteiger partial charge in [-0.05, 0) is 30.7 Å². The number of para-hydroxylation sites is 1. The SMILES string of the molecule is COCCN1C[C@@H](NC(=O)Nc2c(C)c(-c3ccc(OCc4ccccc4)nc3)nn2-c2ccccc2)CO1. The van der Waals surface area contributed by atoms with Crippen LogP contribution in [-0.4, -0.2) is 65.3 Å². The van der Waals surface area contributed by atoms with Gasteiger partial charge in [-0.1, -0.05) is 48.5 Å². The topological polar surface area (TPSA) is 103 Å². The van der Waals surface area contributed by atoms with Crippen LogP contribution in [0.15, 0.2) is 79.0 Å². The predicted octanol–water partition coefficient (Wildman–Crippen LogP) is 4.21. The lowest BCUT2D eigenvalue weighted by Gasteiger charge is -2.15. The highest BCUT2D eigenvalue weighted by atomic mass is 16.7. The summed E-state index contributed by atoms with van der Waals surface area (Å²) in [6.45, 7) is 4.57. The third-order valence-corrected chi connectivity index (χ3v) is 6.36. The molecular weight excluding hydrogens is 496 g/mol. The largest absolute Gasteiger partial charge is 0.473 e. The maximum absolute atomic E-state index is 13.0. The second-order valence-corrected chi connectivity index (χ2v) is 9.20. The van der Waals surface area contributed by atoms with Gasteiger partial charge in [-0.15, -0.1) is 0 Å². The number of ether oxygens (including phenoxy) is 2. The summed E-state index contributed by atoms with van der Waals surface area (Å²) in [7, 11) is 1.65. The number of pyridine rings is 1. The van der Waals surface area contributed by atoms with Crippen molar-refractivity contribution in [1.82, 2.24) is 25.1 Å². The first kappa shape index (κ1) is 26.4. The normalized spacial score (nSPS) is 15.3. The summed E-state index contributed by atoms with van der Waals surface area (Å²) >= 11 is 0. The van der Waals surface area contributed by atoms with Crippen LogP contribution in [0.2, 0.25) is 0 Å². The molecule has 4 aromatic rings. The van der Waals surface area contributed by atoms with Crippen molar-refractivity contribution in [3.8, 4) is 22.8 Å². The van der Waals surface area contributed by atoms with E-state index in [2.05, 4.69) is 15.6 Å². The van der Waals surface area contributed by atoms with E-state index in [1.807, 2.05) is 79.7 Å². The molecule has 0 unspecified atom stereocenters. The number of hydroxylamine groups is 2. The Kier molecular flexibility index (Phi) is 8.47. The van der Waals surface area contributed by atoms with E-state index in [1.54, 1.807) is 23.1 Å². The van der Waals surface area contributed by atoms with Crippen LogP contribution >= 0.6 is 0 Å². The molecule has 0 bridgehead atoms. The molecule has 0 saturated carbocycles. The van der Waals surface area contributed by atoms with E-state index in [0.717, 1.165) is 22.4 Å². The number of carbonyl (C=O) groups is 1. The first-order valence-electron chi connectivity index (χ1n) is 12.8. The average molecular weight is 529 g/mol. The van der Waals surface area contributed by atoms with Crippen LogP contribution < -0.4 is 15.4 Å².